The largest absolute Gasteiger partial charge is 0.385 e. The van der Waals surface area contributed by atoms with Crippen LogP contribution in [-0.4, -0.2) is 43.8 Å². The summed E-state index contributed by atoms with van der Waals surface area (Å²) in [4.78, 5) is 0. The summed E-state index contributed by atoms with van der Waals surface area (Å²) >= 11 is 0. The lowest BCUT2D eigenvalue weighted by Gasteiger charge is -2.37. The second-order valence-corrected chi connectivity index (χ2v) is 13.3. The van der Waals surface area contributed by atoms with Crippen LogP contribution in [0.4, 0.5) is 4.39 Å². The third-order valence-electron chi connectivity index (χ3n) is 6.77. The number of hydrogen-bond donors (Lipinski definition) is 1. The van der Waals surface area contributed by atoms with Crippen molar-refractivity contribution in [1.29, 1.82) is 0 Å². The lowest BCUT2D eigenvalue weighted by atomic mass is 9.87. The molecule has 2 aliphatic heterocycles. The van der Waals surface area contributed by atoms with Gasteiger partial charge in [-0.05, 0) is 49.8 Å². The highest BCUT2D eigenvalue weighted by Gasteiger charge is 2.41. The first-order chi connectivity index (χ1) is 15.0. The minimum atomic E-state index is -3.69. The maximum Gasteiger partial charge on any atom is 0.221 e. The molecule has 4 rings (SSSR count). The van der Waals surface area contributed by atoms with E-state index >= 15 is 4.39 Å². The molecule has 32 heavy (non-hydrogen) atoms. The van der Waals surface area contributed by atoms with E-state index in [4.69, 9.17) is 0 Å². The van der Waals surface area contributed by atoms with Gasteiger partial charge in [-0.25, -0.2) is 21.2 Å². The summed E-state index contributed by atoms with van der Waals surface area (Å²) < 4.78 is 66.5. The second kappa shape index (κ2) is 8.52. The van der Waals surface area contributed by atoms with E-state index in [0.717, 1.165) is 5.56 Å². The van der Waals surface area contributed by atoms with Crippen molar-refractivity contribution in [1.82, 2.24) is 4.31 Å². The number of nitrogens with zero attached hydrogens (tertiary/aromatic N) is 1. The van der Waals surface area contributed by atoms with Crippen molar-refractivity contribution in [2.45, 2.75) is 56.0 Å². The summed E-state index contributed by atoms with van der Waals surface area (Å²) in [5, 5.41) is 10.2. The predicted octanol–water partition coefficient (Wildman–Crippen LogP) is 3.28. The van der Waals surface area contributed by atoms with Crippen LogP contribution in [0, 0.1) is 5.82 Å². The van der Waals surface area contributed by atoms with Crippen LogP contribution in [-0.2, 0) is 32.0 Å². The van der Waals surface area contributed by atoms with E-state index in [9.17, 15) is 21.9 Å². The van der Waals surface area contributed by atoms with Crippen molar-refractivity contribution in [2.24, 2.45) is 0 Å². The van der Waals surface area contributed by atoms with Crippen molar-refractivity contribution >= 4 is 19.9 Å². The lowest BCUT2D eigenvalue weighted by molar-refractivity contribution is 0.0260. The molecular formula is C23H28FNO5S2. The Balaban J connectivity index is 1.58. The van der Waals surface area contributed by atoms with Crippen LogP contribution in [0.1, 0.15) is 54.5 Å². The van der Waals surface area contributed by atoms with Gasteiger partial charge in [0.25, 0.3) is 0 Å². The maximum atomic E-state index is 15.0. The smallest absolute Gasteiger partial charge is 0.221 e. The molecule has 0 radical (unpaired) electrons. The summed E-state index contributed by atoms with van der Waals surface area (Å²) in [6.07, 6.45) is 1.23. The second-order valence-electron chi connectivity index (χ2n) is 8.91. The first kappa shape index (κ1) is 23.4. The highest BCUT2D eigenvalue weighted by atomic mass is 32.2. The number of rotatable bonds is 4. The molecule has 2 aliphatic rings. The fourth-order valence-corrected chi connectivity index (χ4v) is 8.34. The van der Waals surface area contributed by atoms with Crippen LogP contribution in [0.3, 0.4) is 0 Å². The Kier molecular flexibility index (Phi) is 6.21. The molecule has 9 heteroatoms. The number of sulfone groups is 1. The van der Waals surface area contributed by atoms with Gasteiger partial charge in [-0.3, -0.25) is 0 Å². The Labute approximate surface area is 189 Å². The van der Waals surface area contributed by atoms with Crippen molar-refractivity contribution in [2.75, 3.05) is 11.5 Å². The van der Waals surface area contributed by atoms with Gasteiger partial charge < -0.3 is 5.11 Å². The van der Waals surface area contributed by atoms with Gasteiger partial charge in [0.05, 0.1) is 17.1 Å². The third kappa shape index (κ3) is 4.48. The fraction of sp³-hybridized carbons (Fsp3) is 0.478. The summed E-state index contributed by atoms with van der Waals surface area (Å²) in [7, 11) is -6.86. The Bertz CT molecular complexity index is 1180. The van der Waals surface area contributed by atoms with E-state index < -0.39 is 36.5 Å². The van der Waals surface area contributed by atoms with Gasteiger partial charge in [0.1, 0.15) is 11.1 Å². The highest BCUT2D eigenvalue weighted by Crippen LogP contribution is 2.39. The molecule has 0 amide bonds. The molecule has 6 nitrogen and oxygen atoms in total. The SMILES string of the molecule is CC1CCC(c2ccccc2)S(=O)(=O)N1Cc1ccc(C2(O)CCS(=O)(=O)CC2)cc1F. The molecule has 0 saturated carbocycles. The van der Waals surface area contributed by atoms with Crippen LogP contribution in [0.2, 0.25) is 0 Å². The minimum absolute atomic E-state index is 0.0183. The van der Waals surface area contributed by atoms with Gasteiger partial charge in [-0.1, -0.05) is 42.5 Å². The molecule has 2 heterocycles. The van der Waals surface area contributed by atoms with E-state index in [1.165, 1.54) is 16.4 Å². The fourth-order valence-electron chi connectivity index (χ4n) is 4.65. The molecular weight excluding hydrogens is 453 g/mol. The Hall–Kier alpha value is -1.81. The first-order valence-corrected chi connectivity index (χ1v) is 14.1. The van der Waals surface area contributed by atoms with Crippen LogP contribution >= 0.6 is 0 Å². The minimum Gasteiger partial charge on any atom is -0.385 e. The lowest BCUT2D eigenvalue weighted by Crippen LogP contribution is -2.44. The zero-order valence-electron chi connectivity index (χ0n) is 17.9. The van der Waals surface area contributed by atoms with Gasteiger partial charge in [0, 0.05) is 18.2 Å². The maximum absolute atomic E-state index is 15.0. The van der Waals surface area contributed by atoms with Crippen molar-refractivity contribution < 1.29 is 26.3 Å². The highest BCUT2D eigenvalue weighted by molar-refractivity contribution is 7.91. The average molecular weight is 482 g/mol. The molecule has 0 bridgehead atoms. The predicted molar refractivity (Wildman–Crippen MR) is 121 cm³/mol. The summed E-state index contributed by atoms with van der Waals surface area (Å²) in [5.41, 5.74) is -0.113. The third-order valence-corrected chi connectivity index (χ3v) is 10.8. The van der Waals surface area contributed by atoms with E-state index in [-0.39, 0.29) is 42.5 Å². The summed E-state index contributed by atoms with van der Waals surface area (Å²) in [6.45, 7) is 1.74. The van der Waals surface area contributed by atoms with Crippen molar-refractivity contribution in [3.8, 4) is 0 Å². The van der Waals surface area contributed by atoms with E-state index in [1.807, 2.05) is 25.1 Å². The molecule has 1 N–H and O–H groups in total. The van der Waals surface area contributed by atoms with E-state index in [1.54, 1.807) is 18.2 Å². The van der Waals surface area contributed by atoms with Crippen molar-refractivity contribution in [3.05, 3.63) is 71.0 Å². The number of sulfonamides is 1. The standard InChI is InChI=1S/C23H28FNO5S2/c1-17-7-10-22(18-5-3-2-4-6-18)32(29,30)25(17)16-19-8-9-20(15-21(19)24)23(26)11-13-31(27,28)14-12-23/h2-6,8-9,15,17,22,26H,7,10-14,16H2,1H3. The average Bonchev–Trinajstić information content (AvgIpc) is 2.75. The van der Waals surface area contributed by atoms with E-state index in [0.29, 0.717) is 18.4 Å². The molecule has 2 unspecified atom stereocenters. The van der Waals surface area contributed by atoms with Crippen LogP contribution in [0.5, 0.6) is 0 Å². The summed E-state index contributed by atoms with van der Waals surface area (Å²) in [5.74, 6) is -0.886. The molecule has 2 saturated heterocycles. The molecule has 0 spiro atoms. The van der Waals surface area contributed by atoms with Gasteiger partial charge in [-0.15, -0.1) is 0 Å². The Morgan fingerprint density at radius 3 is 2.31 bits per heavy atom. The Morgan fingerprint density at radius 1 is 1.03 bits per heavy atom. The van der Waals surface area contributed by atoms with Crippen LogP contribution in [0.15, 0.2) is 48.5 Å². The van der Waals surface area contributed by atoms with Gasteiger partial charge in [0.2, 0.25) is 10.0 Å². The summed E-state index contributed by atoms with van der Waals surface area (Å²) in [6, 6.07) is 13.1. The molecule has 2 aromatic carbocycles. The van der Waals surface area contributed by atoms with Crippen molar-refractivity contribution in [3.63, 3.8) is 0 Å². The Morgan fingerprint density at radius 2 is 1.69 bits per heavy atom. The van der Waals surface area contributed by atoms with Crippen LogP contribution < -0.4 is 0 Å². The molecule has 174 valence electrons. The molecule has 2 aromatic rings. The molecule has 2 atom stereocenters. The zero-order valence-corrected chi connectivity index (χ0v) is 19.6. The van der Waals surface area contributed by atoms with Gasteiger partial charge in [-0.2, -0.15) is 4.31 Å². The first-order valence-electron chi connectivity index (χ1n) is 10.8. The molecule has 0 aliphatic carbocycles. The monoisotopic (exact) mass is 481 g/mol. The van der Waals surface area contributed by atoms with E-state index in [2.05, 4.69) is 0 Å². The van der Waals surface area contributed by atoms with Gasteiger partial charge in [0.15, 0.2) is 9.84 Å². The van der Waals surface area contributed by atoms with Crippen LogP contribution in [0.25, 0.3) is 0 Å². The molecule has 0 aromatic heterocycles. The normalized spacial score (nSPS) is 27.1. The quantitative estimate of drug-likeness (QED) is 0.724. The number of aliphatic hydroxyl groups is 1. The number of benzene rings is 2. The van der Waals surface area contributed by atoms with Gasteiger partial charge >= 0.3 is 0 Å². The topological polar surface area (TPSA) is 91.8 Å². The number of hydrogen-bond acceptors (Lipinski definition) is 5. The number of halogens is 1. The molecule has 2 fully saturated rings. The zero-order chi connectivity index (χ0) is 23.1.